The van der Waals surface area contributed by atoms with Crippen LogP contribution in [0.4, 0.5) is 10.5 Å². The van der Waals surface area contributed by atoms with Crippen molar-refractivity contribution < 1.29 is 19.4 Å². The smallest absolute Gasteiger partial charge is 0.415 e. The minimum Gasteiger partial charge on any atom is -0.481 e. The monoisotopic (exact) mass is 289 g/mol. The molecule has 1 aromatic carbocycles. The molecule has 0 aromatic heterocycles. The molecule has 5 nitrogen and oxygen atoms in total. The largest absolute Gasteiger partial charge is 0.481 e. The molecule has 112 valence electrons. The predicted molar refractivity (Wildman–Crippen MR) is 77.3 cm³/mol. The number of anilines is 1. The highest BCUT2D eigenvalue weighted by molar-refractivity contribution is 5.90. The maximum Gasteiger partial charge on any atom is 0.415 e. The molecule has 0 atom stereocenters. The number of hydrogen-bond donors (Lipinski definition) is 1. The van der Waals surface area contributed by atoms with Gasteiger partial charge in [0, 0.05) is 5.69 Å². The van der Waals surface area contributed by atoms with Gasteiger partial charge in [-0.1, -0.05) is 12.1 Å². The maximum absolute atomic E-state index is 12.2. The minimum atomic E-state index is -0.746. The molecular weight excluding hydrogens is 270 g/mol. The van der Waals surface area contributed by atoms with Crippen molar-refractivity contribution >= 4 is 17.7 Å². The van der Waals surface area contributed by atoms with E-state index in [1.54, 1.807) is 4.90 Å². The molecular formula is C16H19NO4. The van der Waals surface area contributed by atoms with E-state index in [9.17, 15) is 9.59 Å². The lowest BCUT2D eigenvalue weighted by molar-refractivity contribution is -0.144. The first kappa shape index (κ1) is 13.9. The minimum absolute atomic E-state index is 0.303. The molecule has 1 heterocycles. The van der Waals surface area contributed by atoms with Crippen LogP contribution in [0.2, 0.25) is 0 Å². The van der Waals surface area contributed by atoms with Crippen molar-refractivity contribution in [2.45, 2.75) is 38.2 Å². The van der Waals surface area contributed by atoms with Crippen molar-refractivity contribution in [1.82, 2.24) is 0 Å². The highest BCUT2D eigenvalue weighted by Gasteiger charge is 2.48. The molecule has 1 amide bonds. The van der Waals surface area contributed by atoms with E-state index in [2.05, 4.69) is 0 Å². The zero-order chi connectivity index (χ0) is 15.0. The van der Waals surface area contributed by atoms with E-state index in [1.165, 1.54) is 0 Å². The summed E-state index contributed by atoms with van der Waals surface area (Å²) in [5.74, 6) is -1.05. The van der Waals surface area contributed by atoms with E-state index in [1.807, 2.05) is 31.2 Å². The highest BCUT2D eigenvalue weighted by Crippen LogP contribution is 2.40. The molecule has 5 heteroatoms. The standard InChI is InChI=1S/C16H19NO4/c1-11-3-2-4-13(9-11)17-10-16(21-15(17)20)7-5-12(6-8-16)14(18)19/h2-4,9,12H,5-8,10H2,1H3,(H,18,19). The Bertz CT molecular complexity index is 575. The quantitative estimate of drug-likeness (QED) is 0.909. The van der Waals surface area contributed by atoms with Gasteiger partial charge in [-0.15, -0.1) is 0 Å². The normalized spacial score (nSPS) is 28.7. The Kier molecular flexibility index (Phi) is 3.35. The molecule has 1 aliphatic heterocycles. The van der Waals surface area contributed by atoms with Gasteiger partial charge in [-0.05, 0) is 50.3 Å². The van der Waals surface area contributed by atoms with Crippen LogP contribution in [-0.2, 0) is 9.53 Å². The third-order valence-corrected chi connectivity index (χ3v) is 4.53. The molecule has 2 fully saturated rings. The summed E-state index contributed by atoms with van der Waals surface area (Å²) in [4.78, 5) is 24.9. The van der Waals surface area contributed by atoms with Gasteiger partial charge < -0.3 is 9.84 Å². The fourth-order valence-corrected chi connectivity index (χ4v) is 3.27. The molecule has 1 N–H and O–H groups in total. The average molecular weight is 289 g/mol. The number of amides is 1. The van der Waals surface area contributed by atoms with Gasteiger partial charge in [-0.2, -0.15) is 0 Å². The Morgan fingerprint density at radius 1 is 1.38 bits per heavy atom. The number of ether oxygens (including phenoxy) is 1. The van der Waals surface area contributed by atoms with Gasteiger partial charge in [0.15, 0.2) is 0 Å². The second kappa shape index (κ2) is 5.06. The number of aryl methyl sites for hydroxylation is 1. The lowest BCUT2D eigenvalue weighted by Gasteiger charge is -2.33. The summed E-state index contributed by atoms with van der Waals surface area (Å²) in [6, 6.07) is 7.77. The van der Waals surface area contributed by atoms with E-state index in [4.69, 9.17) is 9.84 Å². The van der Waals surface area contributed by atoms with Crippen molar-refractivity contribution in [1.29, 1.82) is 0 Å². The molecule has 1 spiro atoms. The van der Waals surface area contributed by atoms with E-state index < -0.39 is 11.6 Å². The molecule has 2 aliphatic rings. The Labute approximate surface area is 123 Å². The second-order valence-corrected chi connectivity index (χ2v) is 6.09. The van der Waals surface area contributed by atoms with Crippen LogP contribution in [-0.4, -0.2) is 29.3 Å². The molecule has 1 aromatic rings. The van der Waals surface area contributed by atoms with E-state index in [-0.39, 0.29) is 12.0 Å². The van der Waals surface area contributed by atoms with E-state index in [0.29, 0.717) is 32.2 Å². The molecule has 1 aliphatic carbocycles. The molecule has 0 unspecified atom stereocenters. The van der Waals surface area contributed by atoms with E-state index >= 15 is 0 Å². The summed E-state index contributed by atoms with van der Waals surface area (Å²) < 4.78 is 5.62. The third kappa shape index (κ3) is 2.60. The number of carboxylic acids is 1. The van der Waals surface area contributed by atoms with Crippen LogP contribution in [0.3, 0.4) is 0 Å². The van der Waals surface area contributed by atoms with Crippen molar-refractivity contribution in [2.24, 2.45) is 5.92 Å². The van der Waals surface area contributed by atoms with Crippen LogP contribution in [0, 0.1) is 12.8 Å². The number of carbonyl (C=O) groups excluding carboxylic acids is 1. The first-order valence-corrected chi connectivity index (χ1v) is 7.29. The highest BCUT2D eigenvalue weighted by atomic mass is 16.6. The van der Waals surface area contributed by atoms with Gasteiger partial charge in [0.2, 0.25) is 0 Å². The maximum atomic E-state index is 12.2. The average Bonchev–Trinajstić information content (AvgIpc) is 2.76. The number of hydrogen-bond acceptors (Lipinski definition) is 3. The molecule has 0 bridgehead atoms. The Morgan fingerprint density at radius 2 is 2.10 bits per heavy atom. The summed E-state index contributed by atoms with van der Waals surface area (Å²) in [7, 11) is 0. The molecule has 0 radical (unpaired) electrons. The van der Waals surface area contributed by atoms with Crippen LogP contribution in [0.5, 0.6) is 0 Å². The van der Waals surface area contributed by atoms with Crippen LogP contribution >= 0.6 is 0 Å². The predicted octanol–water partition coefficient (Wildman–Crippen LogP) is 2.97. The van der Waals surface area contributed by atoms with Gasteiger partial charge in [-0.3, -0.25) is 9.69 Å². The summed E-state index contributed by atoms with van der Waals surface area (Å²) >= 11 is 0. The Morgan fingerprint density at radius 3 is 2.71 bits per heavy atom. The van der Waals surface area contributed by atoms with E-state index in [0.717, 1.165) is 11.3 Å². The molecule has 21 heavy (non-hydrogen) atoms. The second-order valence-electron chi connectivity index (χ2n) is 6.09. The van der Waals surface area contributed by atoms with Gasteiger partial charge in [0.1, 0.15) is 5.60 Å². The third-order valence-electron chi connectivity index (χ3n) is 4.53. The zero-order valence-corrected chi connectivity index (χ0v) is 12.0. The van der Waals surface area contributed by atoms with Crippen molar-refractivity contribution in [2.75, 3.05) is 11.4 Å². The SMILES string of the molecule is Cc1cccc(N2CC3(CCC(C(=O)O)CC3)OC2=O)c1. The Balaban J connectivity index is 1.75. The number of rotatable bonds is 2. The number of aliphatic carboxylic acids is 1. The Hall–Kier alpha value is -2.04. The first-order valence-electron chi connectivity index (χ1n) is 7.29. The van der Waals surface area contributed by atoms with Gasteiger partial charge in [-0.25, -0.2) is 4.79 Å². The summed E-state index contributed by atoms with van der Waals surface area (Å²) in [6.45, 7) is 2.50. The molecule has 1 saturated carbocycles. The number of carbonyl (C=O) groups is 2. The molecule has 1 saturated heterocycles. The zero-order valence-electron chi connectivity index (χ0n) is 12.0. The van der Waals surface area contributed by atoms with Crippen molar-refractivity contribution in [3.63, 3.8) is 0 Å². The summed E-state index contributed by atoms with van der Waals surface area (Å²) in [5.41, 5.74) is 1.43. The van der Waals surface area contributed by atoms with Gasteiger partial charge >= 0.3 is 12.1 Å². The summed E-state index contributed by atoms with van der Waals surface area (Å²) in [6.07, 6.45) is 2.07. The lowest BCUT2D eigenvalue weighted by Crippen LogP contribution is -2.40. The topological polar surface area (TPSA) is 66.8 Å². The fourth-order valence-electron chi connectivity index (χ4n) is 3.27. The number of nitrogens with zero attached hydrogens (tertiary/aromatic N) is 1. The van der Waals surface area contributed by atoms with Crippen LogP contribution < -0.4 is 4.90 Å². The van der Waals surface area contributed by atoms with Gasteiger partial charge in [0.25, 0.3) is 0 Å². The number of carboxylic acid groups (broad SMARTS) is 1. The first-order chi connectivity index (χ1) is 9.99. The van der Waals surface area contributed by atoms with Crippen molar-refractivity contribution in [3.8, 4) is 0 Å². The summed E-state index contributed by atoms with van der Waals surface area (Å²) in [5, 5.41) is 9.06. The van der Waals surface area contributed by atoms with Crippen LogP contribution in [0.25, 0.3) is 0 Å². The lowest BCUT2D eigenvalue weighted by atomic mass is 9.79. The van der Waals surface area contributed by atoms with Crippen LogP contribution in [0.15, 0.2) is 24.3 Å². The van der Waals surface area contributed by atoms with Crippen LogP contribution in [0.1, 0.15) is 31.2 Å². The molecule has 3 rings (SSSR count). The number of benzene rings is 1. The fraction of sp³-hybridized carbons (Fsp3) is 0.500. The van der Waals surface area contributed by atoms with Gasteiger partial charge in [0.05, 0.1) is 12.5 Å². The van der Waals surface area contributed by atoms with Crippen molar-refractivity contribution in [3.05, 3.63) is 29.8 Å².